The van der Waals surface area contributed by atoms with Crippen LogP contribution in [-0.2, 0) is 25.4 Å². The van der Waals surface area contributed by atoms with Crippen molar-refractivity contribution < 1.29 is 21.6 Å². The number of hydrogen-bond acceptors (Lipinski definition) is 6. The number of nitrogens with zero attached hydrogens (tertiary/aromatic N) is 1. The van der Waals surface area contributed by atoms with Crippen molar-refractivity contribution in [3.63, 3.8) is 0 Å². The maximum atomic E-state index is 11.9. The van der Waals surface area contributed by atoms with Crippen LogP contribution < -0.4 is 4.74 Å². The number of pyridine rings is 1. The van der Waals surface area contributed by atoms with Gasteiger partial charge in [0.25, 0.3) is 0 Å². The molecule has 0 amide bonds. The average Bonchev–Trinajstić information content (AvgIpc) is 2.39. The van der Waals surface area contributed by atoms with Crippen LogP contribution in [0.4, 0.5) is 0 Å². The highest BCUT2D eigenvalue weighted by Gasteiger charge is 2.18. The molecule has 1 aromatic rings. The zero-order chi connectivity index (χ0) is 15.4. The van der Waals surface area contributed by atoms with Crippen LogP contribution in [0.25, 0.3) is 0 Å². The minimum absolute atomic E-state index is 0.0500. The smallest absolute Gasteiger partial charge is 0.213 e. The summed E-state index contributed by atoms with van der Waals surface area (Å²) in [6, 6.07) is 1.65. The molecule has 0 saturated carbocycles. The van der Waals surface area contributed by atoms with Gasteiger partial charge in [-0.1, -0.05) is 6.92 Å². The number of aromatic nitrogens is 1. The number of aryl methyl sites for hydroxylation is 1. The number of hydrogen-bond donors (Lipinski definition) is 0. The molecular formula is C12H19NO5S2. The highest BCUT2D eigenvalue weighted by atomic mass is 32.2. The number of sulfone groups is 2. The molecule has 0 spiro atoms. The van der Waals surface area contributed by atoms with Gasteiger partial charge in [-0.05, 0) is 18.1 Å². The molecule has 1 aromatic heterocycles. The first-order chi connectivity index (χ1) is 9.19. The zero-order valence-corrected chi connectivity index (χ0v) is 13.4. The second-order valence-corrected chi connectivity index (χ2v) is 9.14. The summed E-state index contributed by atoms with van der Waals surface area (Å²) in [6.07, 6.45) is 1.44. The van der Waals surface area contributed by atoms with Crippen molar-refractivity contribution in [3.8, 4) is 5.88 Å². The molecule has 0 saturated heterocycles. The summed E-state index contributed by atoms with van der Waals surface area (Å²) in [5.41, 5.74) is 1.30. The highest BCUT2D eigenvalue weighted by molar-refractivity contribution is 7.94. The normalized spacial score (nSPS) is 12.3. The van der Waals surface area contributed by atoms with Crippen molar-refractivity contribution in [1.29, 1.82) is 0 Å². The topological polar surface area (TPSA) is 90.4 Å². The van der Waals surface area contributed by atoms with E-state index in [-0.39, 0.29) is 23.0 Å². The Kier molecular flexibility index (Phi) is 5.52. The van der Waals surface area contributed by atoms with Crippen LogP contribution in [0.1, 0.15) is 18.1 Å². The first kappa shape index (κ1) is 16.9. The zero-order valence-electron chi connectivity index (χ0n) is 11.8. The van der Waals surface area contributed by atoms with Gasteiger partial charge in [-0.15, -0.1) is 0 Å². The van der Waals surface area contributed by atoms with Gasteiger partial charge in [-0.2, -0.15) is 0 Å². The molecule has 0 aromatic carbocycles. The number of methoxy groups -OCH3 is 1. The lowest BCUT2D eigenvalue weighted by Gasteiger charge is -2.08. The number of rotatable bonds is 7. The van der Waals surface area contributed by atoms with Crippen LogP contribution in [0.2, 0.25) is 0 Å². The summed E-state index contributed by atoms with van der Waals surface area (Å²) < 4.78 is 51.5. The van der Waals surface area contributed by atoms with E-state index in [0.717, 1.165) is 5.56 Å². The standard InChI is InChI=1S/C12H19NO5S2/c1-4-19(14,15)5-6-20(16,17)9-11-8-13-12(18-3)7-10(11)2/h7-8H,4-6,9H2,1-3H3. The first-order valence-electron chi connectivity index (χ1n) is 6.09. The Bertz CT molecular complexity index is 665. The maximum absolute atomic E-state index is 11.9. The molecule has 0 fully saturated rings. The van der Waals surface area contributed by atoms with Crippen molar-refractivity contribution in [2.75, 3.05) is 24.4 Å². The van der Waals surface area contributed by atoms with Gasteiger partial charge in [0.05, 0.1) is 24.4 Å². The third-order valence-electron chi connectivity index (χ3n) is 2.92. The van der Waals surface area contributed by atoms with E-state index in [1.807, 2.05) is 0 Å². The number of ether oxygens (including phenoxy) is 1. The van der Waals surface area contributed by atoms with Gasteiger partial charge in [-0.25, -0.2) is 21.8 Å². The van der Waals surface area contributed by atoms with Gasteiger partial charge < -0.3 is 4.74 Å². The SMILES string of the molecule is CCS(=O)(=O)CCS(=O)(=O)Cc1cnc(OC)cc1C. The Balaban J connectivity index is 2.81. The lowest BCUT2D eigenvalue weighted by Crippen LogP contribution is -2.20. The van der Waals surface area contributed by atoms with Crippen LogP contribution in [0.3, 0.4) is 0 Å². The van der Waals surface area contributed by atoms with E-state index < -0.39 is 19.7 Å². The molecule has 0 unspecified atom stereocenters. The monoisotopic (exact) mass is 321 g/mol. The second-order valence-electron chi connectivity index (χ2n) is 4.48. The van der Waals surface area contributed by atoms with E-state index in [9.17, 15) is 16.8 Å². The summed E-state index contributed by atoms with van der Waals surface area (Å²) in [5, 5.41) is 0. The van der Waals surface area contributed by atoms with Crippen LogP contribution in [0, 0.1) is 6.92 Å². The third-order valence-corrected chi connectivity index (χ3v) is 6.47. The minimum Gasteiger partial charge on any atom is -0.481 e. The molecule has 0 aliphatic rings. The maximum Gasteiger partial charge on any atom is 0.213 e. The Morgan fingerprint density at radius 2 is 1.75 bits per heavy atom. The van der Waals surface area contributed by atoms with E-state index in [2.05, 4.69) is 4.98 Å². The third kappa shape index (κ3) is 5.09. The molecular weight excluding hydrogens is 302 g/mol. The van der Waals surface area contributed by atoms with E-state index in [4.69, 9.17) is 4.74 Å². The van der Waals surface area contributed by atoms with Gasteiger partial charge in [0.1, 0.15) is 0 Å². The van der Waals surface area contributed by atoms with Gasteiger partial charge in [0.2, 0.25) is 5.88 Å². The Hall–Kier alpha value is -1.15. The van der Waals surface area contributed by atoms with E-state index in [0.29, 0.717) is 11.4 Å². The van der Waals surface area contributed by atoms with E-state index in [1.54, 1.807) is 13.0 Å². The molecule has 0 aliphatic heterocycles. The molecule has 0 atom stereocenters. The van der Waals surface area contributed by atoms with Crippen molar-refractivity contribution in [2.24, 2.45) is 0 Å². The molecule has 6 nitrogen and oxygen atoms in total. The average molecular weight is 321 g/mol. The van der Waals surface area contributed by atoms with Gasteiger partial charge in [-0.3, -0.25) is 0 Å². The molecule has 1 heterocycles. The fourth-order valence-electron chi connectivity index (χ4n) is 1.53. The fraction of sp³-hybridized carbons (Fsp3) is 0.583. The van der Waals surface area contributed by atoms with Gasteiger partial charge in [0, 0.05) is 18.0 Å². The predicted octanol–water partition coefficient (Wildman–Crippen LogP) is 0.748. The first-order valence-corrected chi connectivity index (χ1v) is 9.73. The van der Waals surface area contributed by atoms with Gasteiger partial charge >= 0.3 is 0 Å². The largest absolute Gasteiger partial charge is 0.481 e. The molecule has 0 aliphatic carbocycles. The van der Waals surface area contributed by atoms with Crippen LogP contribution >= 0.6 is 0 Å². The van der Waals surface area contributed by atoms with Crippen molar-refractivity contribution >= 4 is 19.7 Å². The predicted molar refractivity (Wildman–Crippen MR) is 77.3 cm³/mol. The Morgan fingerprint density at radius 1 is 1.15 bits per heavy atom. The summed E-state index contributed by atoms with van der Waals surface area (Å²) in [5.74, 6) is -0.554. The van der Waals surface area contributed by atoms with Crippen molar-refractivity contribution in [3.05, 3.63) is 23.4 Å². The Morgan fingerprint density at radius 3 is 2.25 bits per heavy atom. The molecule has 20 heavy (non-hydrogen) atoms. The second kappa shape index (κ2) is 6.53. The molecule has 0 bridgehead atoms. The van der Waals surface area contributed by atoms with Crippen LogP contribution in [-0.4, -0.2) is 46.2 Å². The lowest BCUT2D eigenvalue weighted by molar-refractivity contribution is 0.397. The lowest BCUT2D eigenvalue weighted by atomic mass is 10.2. The van der Waals surface area contributed by atoms with E-state index >= 15 is 0 Å². The summed E-state index contributed by atoms with van der Waals surface area (Å²) >= 11 is 0. The van der Waals surface area contributed by atoms with Crippen LogP contribution in [0.15, 0.2) is 12.3 Å². The summed E-state index contributed by atoms with van der Waals surface area (Å²) in [4.78, 5) is 3.96. The molecule has 0 radical (unpaired) electrons. The molecule has 114 valence electrons. The highest BCUT2D eigenvalue weighted by Crippen LogP contribution is 2.16. The quantitative estimate of drug-likeness (QED) is 0.736. The fourth-order valence-corrected chi connectivity index (χ4v) is 4.77. The molecule has 1 rings (SSSR count). The molecule has 0 N–H and O–H groups in total. The molecule has 8 heteroatoms. The van der Waals surface area contributed by atoms with Gasteiger partial charge in [0.15, 0.2) is 19.7 Å². The Labute approximate surface area is 120 Å². The van der Waals surface area contributed by atoms with Crippen molar-refractivity contribution in [2.45, 2.75) is 19.6 Å². The van der Waals surface area contributed by atoms with E-state index in [1.165, 1.54) is 20.2 Å². The summed E-state index contributed by atoms with van der Waals surface area (Å²) in [6.45, 7) is 3.26. The van der Waals surface area contributed by atoms with Crippen LogP contribution in [0.5, 0.6) is 5.88 Å². The van der Waals surface area contributed by atoms with Crippen molar-refractivity contribution in [1.82, 2.24) is 4.98 Å². The minimum atomic E-state index is -3.48. The summed E-state index contributed by atoms with van der Waals surface area (Å²) in [7, 11) is -5.28.